The normalized spacial score (nSPS) is 30.8. The van der Waals surface area contributed by atoms with Gasteiger partial charge in [0.15, 0.2) is 5.96 Å². The zero-order valence-electron chi connectivity index (χ0n) is 23.9. The van der Waals surface area contributed by atoms with Gasteiger partial charge >= 0.3 is 0 Å². The van der Waals surface area contributed by atoms with Gasteiger partial charge in [0.1, 0.15) is 41.5 Å². The number of carbonyl (C=O) groups is 2. The van der Waals surface area contributed by atoms with Crippen LogP contribution in [0, 0.1) is 0 Å². The fraction of sp³-hybridized carbons (Fsp3) is 0.500. The standard InChI is InChI=1S/C30H38N4O6/c1-7-29(4)15-22(35)34(27(31)33-29)24-19-14-17(12-13-20(19)39-16-30(24,5)38-6)26(37)32-23-18-10-8-9-11-21(18)40-28(2,3)25(23)36/h8-14,23-25,36H,7,15-16H2,1-6H3,(H2,31,33)(H,32,37)/t23-,24?,25+,29-,30?/m1/s1. The van der Waals surface area contributed by atoms with Crippen LogP contribution in [0.4, 0.5) is 0 Å². The van der Waals surface area contributed by atoms with Gasteiger partial charge in [-0.3, -0.25) is 14.5 Å². The van der Waals surface area contributed by atoms with Crippen LogP contribution in [-0.4, -0.2) is 64.3 Å². The lowest BCUT2D eigenvalue weighted by Gasteiger charge is -2.48. The molecule has 10 nitrogen and oxygen atoms in total. The van der Waals surface area contributed by atoms with E-state index in [4.69, 9.17) is 19.9 Å². The smallest absolute Gasteiger partial charge is 0.251 e. The van der Waals surface area contributed by atoms with Gasteiger partial charge in [-0.1, -0.05) is 25.1 Å². The first-order valence-electron chi connectivity index (χ1n) is 13.6. The fourth-order valence-corrected chi connectivity index (χ4v) is 5.76. The van der Waals surface area contributed by atoms with Crippen molar-refractivity contribution in [2.75, 3.05) is 13.7 Å². The van der Waals surface area contributed by atoms with Crippen LogP contribution in [0.1, 0.15) is 81.0 Å². The van der Waals surface area contributed by atoms with Crippen molar-refractivity contribution in [3.05, 3.63) is 59.2 Å². The molecule has 0 aromatic heterocycles. The van der Waals surface area contributed by atoms with E-state index in [0.717, 1.165) is 0 Å². The number of ether oxygens (including phenoxy) is 3. The molecule has 2 aromatic rings. The van der Waals surface area contributed by atoms with Gasteiger partial charge in [0.25, 0.3) is 5.91 Å². The van der Waals surface area contributed by atoms with Gasteiger partial charge in [0.2, 0.25) is 5.91 Å². The molecule has 0 saturated heterocycles. The molecule has 0 bridgehead atoms. The van der Waals surface area contributed by atoms with Gasteiger partial charge < -0.3 is 30.4 Å². The third kappa shape index (κ3) is 4.58. The summed E-state index contributed by atoms with van der Waals surface area (Å²) in [4.78, 5) is 33.4. The van der Waals surface area contributed by atoms with Crippen LogP contribution >= 0.6 is 0 Å². The minimum Gasteiger partial charge on any atom is -0.490 e. The minimum atomic E-state index is -0.994. The highest BCUT2D eigenvalue weighted by molar-refractivity contribution is 6.00. The van der Waals surface area contributed by atoms with Gasteiger partial charge in [-0.2, -0.15) is 0 Å². The van der Waals surface area contributed by atoms with Gasteiger partial charge in [0.05, 0.1) is 18.0 Å². The Morgan fingerprint density at radius 3 is 2.58 bits per heavy atom. The topological polar surface area (TPSA) is 136 Å². The molecule has 0 aliphatic carbocycles. The van der Waals surface area contributed by atoms with E-state index in [0.29, 0.717) is 34.6 Å². The van der Waals surface area contributed by atoms with Crippen LogP contribution in [0.3, 0.4) is 0 Å². The predicted molar refractivity (Wildman–Crippen MR) is 149 cm³/mol. The number of aliphatic imine (C=N–C) groups is 1. The van der Waals surface area contributed by atoms with Crippen LogP contribution in [0.25, 0.3) is 0 Å². The van der Waals surface area contributed by atoms with Crippen molar-refractivity contribution in [2.45, 2.75) is 82.4 Å². The number of methoxy groups -OCH3 is 1. The maximum atomic E-state index is 13.7. The van der Waals surface area contributed by atoms with Crippen LogP contribution < -0.4 is 20.5 Å². The molecule has 2 unspecified atom stereocenters. The van der Waals surface area contributed by atoms with E-state index in [1.807, 2.05) is 45.0 Å². The molecule has 5 rings (SSSR count). The average Bonchev–Trinajstić information content (AvgIpc) is 2.91. The Balaban J connectivity index is 1.53. The second-order valence-electron chi connectivity index (χ2n) is 11.9. The number of aliphatic hydroxyl groups excluding tert-OH is 1. The minimum absolute atomic E-state index is 0.112. The molecule has 0 saturated carbocycles. The maximum Gasteiger partial charge on any atom is 0.251 e. The first-order valence-corrected chi connectivity index (χ1v) is 13.6. The Bertz CT molecular complexity index is 1380. The fourth-order valence-electron chi connectivity index (χ4n) is 5.76. The van der Waals surface area contributed by atoms with E-state index < -0.39 is 40.8 Å². The van der Waals surface area contributed by atoms with Crippen LogP contribution in [0.2, 0.25) is 0 Å². The molecular formula is C30H38N4O6. The van der Waals surface area contributed by atoms with Gasteiger partial charge in [-0.05, 0) is 58.4 Å². The SMILES string of the molecule is CC[C@]1(C)CC(=O)N(C2c3cc(C(=O)N[C@@H]4c5ccccc5OC(C)(C)[C@H]4O)ccc3OCC2(C)OC)C(N)=N1. The number of nitrogens with one attached hydrogen (secondary N) is 1. The lowest BCUT2D eigenvalue weighted by Crippen LogP contribution is -2.59. The summed E-state index contributed by atoms with van der Waals surface area (Å²) in [5.74, 6) is 0.680. The number of amides is 2. The number of benzene rings is 2. The molecule has 3 aliphatic heterocycles. The van der Waals surface area contributed by atoms with Crippen molar-refractivity contribution in [3.8, 4) is 11.5 Å². The van der Waals surface area contributed by atoms with Crippen molar-refractivity contribution in [1.29, 1.82) is 0 Å². The summed E-state index contributed by atoms with van der Waals surface area (Å²) in [6, 6.07) is 11.0. The second kappa shape index (κ2) is 9.78. The molecule has 40 heavy (non-hydrogen) atoms. The summed E-state index contributed by atoms with van der Waals surface area (Å²) in [6.07, 6.45) is -0.124. The van der Waals surface area contributed by atoms with Crippen molar-refractivity contribution in [2.24, 2.45) is 10.7 Å². The number of guanidine groups is 1. The number of hydrogen-bond donors (Lipinski definition) is 3. The number of carbonyl (C=O) groups excluding carboxylic acids is 2. The molecule has 214 valence electrons. The Morgan fingerprint density at radius 2 is 1.90 bits per heavy atom. The molecule has 0 radical (unpaired) electrons. The van der Waals surface area contributed by atoms with Crippen molar-refractivity contribution >= 4 is 17.8 Å². The van der Waals surface area contributed by atoms with Crippen LogP contribution in [0.5, 0.6) is 11.5 Å². The zero-order valence-corrected chi connectivity index (χ0v) is 23.9. The molecule has 5 atom stereocenters. The predicted octanol–water partition coefficient (Wildman–Crippen LogP) is 3.24. The number of hydrogen-bond acceptors (Lipinski definition) is 8. The summed E-state index contributed by atoms with van der Waals surface area (Å²) in [5, 5.41) is 14.1. The van der Waals surface area contributed by atoms with Gasteiger partial charge in [-0.15, -0.1) is 0 Å². The number of nitrogens with zero attached hydrogens (tertiary/aromatic N) is 2. The van der Waals surface area contributed by atoms with E-state index in [1.165, 1.54) is 4.90 Å². The monoisotopic (exact) mass is 550 g/mol. The molecule has 4 N–H and O–H groups in total. The summed E-state index contributed by atoms with van der Waals surface area (Å²) in [5.41, 5.74) is 5.59. The maximum absolute atomic E-state index is 13.7. The number of para-hydroxylation sites is 1. The van der Waals surface area contributed by atoms with Crippen molar-refractivity contribution in [3.63, 3.8) is 0 Å². The number of aliphatic hydroxyl groups is 1. The molecule has 2 aromatic carbocycles. The third-order valence-electron chi connectivity index (χ3n) is 8.52. The average molecular weight is 551 g/mol. The lowest BCUT2D eigenvalue weighted by molar-refractivity contribution is -0.142. The van der Waals surface area contributed by atoms with Gasteiger partial charge in [-0.25, -0.2) is 4.99 Å². The number of rotatable bonds is 5. The Kier molecular flexibility index (Phi) is 6.82. The van der Waals surface area contributed by atoms with E-state index in [1.54, 1.807) is 39.2 Å². The molecular weight excluding hydrogens is 512 g/mol. The quantitative estimate of drug-likeness (QED) is 0.520. The summed E-state index contributed by atoms with van der Waals surface area (Å²) in [6.45, 7) is 9.47. The molecule has 3 heterocycles. The van der Waals surface area contributed by atoms with Crippen LogP contribution in [0.15, 0.2) is 47.5 Å². The van der Waals surface area contributed by atoms with E-state index >= 15 is 0 Å². The largest absolute Gasteiger partial charge is 0.490 e. The lowest BCUT2D eigenvalue weighted by atomic mass is 9.83. The highest BCUT2D eigenvalue weighted by Crippen LogP contribution is 2.46. The third-order valence-corrected chi connectivity index (χ3v) is 8.52. The van der Waals surface area contributed by atoms with E-state index in [9.17, 15) is 14.7 Å². The molecule has 3 aliphatic rings. The summed E-state index contributed by atoms with van der Waals surface area (Å²) < 4.78 is 17.9. The first-order chi connectivity index (χ1) is 18.8. The Morgan fingerprint density at radius 1 is 1.18 bits per heavy atom. The second-order valence-corrected chi connectivity index (χ2v) is 11.9. The number of nitrogens with two attached hydrogens (primary N) is 1. The molecule has 0 fully saturated rings. The molecule has 2 amide bonds. The molecule has 0 spiro atoms. The Labute approximate surface area is 234 Å². The first kappa shape index (κ1) is 27.9. The highest BCUT2D eigenvalue weighted by atomic mass is 16.5. The van der Waals surface area contributed by atoms with Crippen LogP contribution in [-0.2, 0) is 9.53 Å². The highest BCUT2D eigenvalue weighted by Gasteiger charge is 2.50. The summed E-state index contributed by atoms with van der Waals surface area (Å²) >= 11 is 0. The van der Waals surface area contributed by atoms with Crippen molar-refractivity contribution in [1.82, 2.24) is 10.2 Å². The summed E-state index contributed by atoms with van der Waals surface area (Å²) in [7, 11) is 1.56. The number of fused-ring (bicyclic) bond motifs is 2. The van der Waals surface area contributed by atoms with Gasteiger partial charge in [0, 0.05) is 23.8 Å². The zero-order chi connectivity index (χ0) is 29.0. The van der Waals surface area contributed by atoms with Crippen molar-refractivity contribution < 1.29 is 28.9 Å². The molecule has 10 heteroatoms. The Hall–Kier alpha value is -3.63. The van der Waals surface area contributed by atoms with E-state index in [-0.39, 0.29) is 24.9 Å². The van der Waals surface area contributed by atoms with E-state index in [2.05, 4.69) is 10.3 Å².